The Balaban J connectivity index is 2.22. The molecule has 0 aromatic heterocycles. The summed E-state index contributed by atoms with van der Waals surface area (Å²) < 4.78 is 16.2. The van der Waals surface area contributed by atoms with Gasteiger partial charge >= 0.3 is 5.97 Å². The molecule has 0 saturated heterocycles. The maximum atomic E-state index is 13.1. The van der Waals surface area contributed by atoms with Crippen molar-refractivity contribution in [3.8, 4) is 11.8 Å². The quantitative estimate of drug-likeness (QED) is 0.797. The third-order valence-electron chi connectivity index (χ3n) is 4.88. The molecule has 1 aliphatic heterocycles. The Kier molecular flexibility index (Phi) is 5.14. The number of Topliss-reactive ketones (excluding diaryl/α,β-unsaturated/α-hetero) is 1. The molecule has 1 atom stereocenters. The Labute approximate surface area is 163 Å². The van der Waals surface area contributed by atoms with Crippen LogP contribution in [0.15, 0.2) is 47.1 Å². The minimum absolute atomic E-state index is 0.0577. The van der Waals surface area contributed by atoms with E-state index >= 15 is 0 Å². The van der Waals surface area contributed by atoms with Crippen LogP contribution in [-0.4, -0.2) is 25.5 Å². The molecule has 146 valence electrons. The maximum absolute atomic E-state index is 13.1. The molecule has 0 spiro atoms. The third-order valence-corrected chi connectivity index (χ3v) is 4.88. The lowest BCUT2D eigenvalue weighted by Crippen LogP contribution is -2.35. The van der Waals surface area contributed by atoms with E-state index in [4.69, 9.17) is 25.2 Å². The van der Waals surface area contributed by atoms with Gasteiger partial charge in [0.2, 0.25) is 5.88 Å². The van der Waals surface area contributed by atoms with Gasteiger partial charge < -0.3 is 19.9 Å². The number of nitrogens with two attached hydrogens (primary N) is 1. The van der Waals surface area contributed by atoms with Crippen LogP contribution in [0.2, 0.25) is 0 Å². The molecular weight excluding hydrogens is 360 g/mol. The SMILES string of the molecule is COC(=O)C1=C(N)OC2=C(C(=O)CC(C)(C)C2)[C@@H]1c1ccccc1OCC#N. The molecule has 3 rings (SSSR count). The second-order valence-corrected chi connectivity index (χ2v) is 7.57. The van der Waals surface area contributed by atoms with Gasteiger partial charge in [0.1, 0.15) is 23.2 Å². The van der Waals surface area contributed by atoms with E-state index in [1.165, 1.54) is 7.11 Å². The van der Waals surface area contributed by atoms with Gasteiger partial charge in [0.15, 0.2) is 12.4 Å². The fourth-order valence-electron chi connectivity index (χ4n) is 3.76. The van der Waals surface area contributed by atoms with Crippen LogP contribution in [0.4, 0.5) is 0 Å². The maximum Gasteiger partial charge on any atom is 0.340 e. The van der Waals surface area contributed by atoms with Crippen molar-refractivity contribution in [1.82, 2.24) is 0 Å². The second-order valence-electron chi connectivity index (χ2n) is 7.57. The van der Waals surface area contributed by atoms with Crippen molar-refractivity contribution in [3.63, 3.8) is 0 Å². The van der Waals surface area contributed by atoms with E-state index < -0.39 is 11.9 Å². The first kappa shape index (κ1) is 19.5. The van der Waals surface area contributed by atoms with E-state index in [0.29, 0.717) is 35.5 Å². The van der Waals surface area contributed by atoms with Gasteiger partial charge in [0, 0.05) is 24.0 Å². The summed E-state index contributed by atoms with van der Waals surface area (Å²) in [6.45, 7) is 3.79. The molecular formula is C21H22N2O5. The number of nitriles is 1. The molecule has 0 saturated carbocycles. The van der Waals surface area contributed by atoms with Gasteiger partial charge in [-0.2, -0.15) is 5.26 Å². The van der Waals surface area contributed by atoms with Crippen LogP contribution >= 0.6 is 0 Å². The Morgan fingerprint density at radius 3 is 2.75 bits per heavy atom. The molecule has 0 amide bonds. The predicted molar refractivity (Wildman–Crippen MR) is 99.7 cm³/mol. The topological polar surface area (TPSA) is 112 Å². The highest BCUT2D eigenvalue weighted by Gasteiger charge is 2.45. The number of rotatable bonds is 4. The lowest BCUT2D eigenvalue weighted by atomic mass is 9.70. The molecule has 7 nitrogen and oxygen atoms in total. The zero-order valence-corrected chi connectivity index (χ0v) is 16.1. The predicted octanol–water partition coefficient (Wildman–Crippen LogP) is 2.69. The Morgan fingerprint density at radius 1 is 1.36 bits per heavy atom. The largest absolute Gasteiger partial charge is 0.478 e. The first-order valence-electron chi connectivity index (χ1n) is 8.90. The molecule has 0 bridgehead atoms. The fraction of sp³-hybridized carbons (Fsp3) is 0.381. The minimum Gasteiger partial charge on any atom is -0.478 e. The van der Waals surface area contributed by atoms with Crippen LogP contribution in [0.25, 0.3) is 0 Å². The van der Waals surface area contributed by atoms with Gasteiger partial charge in [-0.25, -0.2) is 4.79 Å². The average Bonchev–Trinajstić information content (AvgIpc) is 2.64. The van der Waals surface area contributed by atoms with Crippen molar-refractivity contribution >= 4 is 11.8 Å². The van der Waals surface area contributed by atoms with Crippen molar-refractivity contribution in [2.75, 3.05) is 13.7 Å². The van der Waals surface area contributed by atoms with E-state index in [1.54, 1.807) is 24.3 Å². The number of carbonyl (C=O) groups excluding carboxylic acids is 2. The lowest BCUT2D eigenvalue weighted by Gasteiger charge is -2.38. The monoisotopic (exact) mass is 382 g/mol. The number of carbonyl (C=O) groups is 2. The smallest absolute Gasteiger partial charge is 0.340 e. The Bertz CT molecular complexity index is 936. The van der Waals surface area contributed by atoms with Gasteiger partial charge in [0.25, 0.3) is 0 Å². The van der Waals surface area contributed by atoms with Gasteiger partial charge in [-0.05, 0) is 11.5 Å². The highest BCUT2D eigenvalue weighted by atomic mass is 16.5. The van der Waals surface area contributed by atoms with Crippen LogP contribution < -0.4 is 10.5 Å². The molecule has 1 aliphatic carbocycles. The molecule has 1 heterocycles. The number of para-hydroxylation sites is 1. The molecule has 2 aliphatic rings. The summed E-state index contributed by atoms with van der Waals surface area (Å²) in [6, 6.07) is 8.88. The van der Waals surface area contributed by atoms with Crippen molar-refractivity contribution in [1.29, 1.82) is 5.26 Å². The summed E-state index contributed by atoms with van der Waals surface area (Å²) in [7, 11) is 1.24. The average molecular weight is 382 g/mol. The Morgan fingerprint density at radius 2 is 2.07 bits per heavy atom. The van der Waals surface area contributed by atoms with Crippen LogP contribution in [0.5, 0.6) is 5.75 Å². The van der Waals surface area contributed by atoms with Gasteiger partial charge in [0.05, 0.1) is 13.0 Å². The number of methoxy groups -OCH3 is 1. The highest BCUT2D eigenvalue weighted by Crippen LogP contribution is 2.49. The Hall–Kier alpha value is -3.27. The van der Waals surface area contributed by atoms with E-state index in [-0.39, 0.29) is 29.3 Å². The van der Waals surface area contributed by atoms with Crippen LogP contribution in [0.3, 0.4) is 0 Å². The zero-order valence-electron chi connectivity index (χ0n) is 16.1. The number of nitrogens with zero attached hydrogens (tertiary/aromatic N) is 1. The van der Waals surface area contributed by atoms with Gasteiger partial charge in [-0.3, -0.25) is 4.79 Å². The first-order chi connectivity index (χ1) is 13.3. The summed E-state index contributed by atoms with van der Waals surface area (Å²) in [5, 5.41) is 8.87. The molecule has 1 aromatic carbocycles. The second kappa shape index (κ2) is 7.39. The zero-order chi connectivity index (χ0) is 20.5. The summed E-state index contributed by atoms with van der Waals surface area (Å²) in [5.41, 5.74) is 6.82. The number of benzene rings is 1. The molecule has 0 fully saturated rings. The van der Waals surface area contributed by atoms with Crippen molar-refractivity contribution in [2.45, 2.75) is 32.6 Å². The number of ketones is 1. The number of hydrogen-bond donors (Lipinski definition) is 1. The molecule has 7 heteroatoms. The van der Waals surface area contributed by atoms with Crippen molar-refractivity contribution < 1.29 is 23.8 Å². The fourth-order valence-corrected chi connectivity index (χ4v) is 3.76. The molecule has 0 unspecified atom stereocenters. The molecule has 0 radical (unpaired) electrons. The highest BCUT2D eigenvalue weighted by molar-refractivity contribution is 6.03. The van der Waals surface area contributed by atoms with Gasteiger partial charge in [-0.15, -0.1) is 0 Å². The summed E-state index contributed by atoms with van der Waals surface area (Å²) >= 11 is 0. The molecule has 1 aromatic rings. The summed E-state index contributed by atoms with van der Waals surface area (Å²) in [4.78, 5) is 25.6. The number of esters is 1. The lowest BCUT2D eigenvalue weighted by molar-refractivity contribution is -0.136. The normalized spacial score (nSPS) is 20.8. The number of hydrogen-bond acceptors (Lipinski definition) is 7. The van der Waals surface area contributed by atoms with Crippen molar-refractivity contribution in [2.24, 2.45) is 11.1 Å². The van der Waals surface area contributed by atoms with E-state index in [2.05, 4.69) is 0 Å². The third kappa shape index (κ3) is 3.46. The van der Waals surface area contributed by atoms with E-state index in [9.17, 15) is 9.59 Å². The summed E-state index contributed by atoms with van der Waals surface area (Å²) in [5.74, 6) is -0.797. The van der Waals surface area contributed by atoms with Gasteiger partial charge in [-0.1, -0.05) is 32.0 Å². The molecule has 28 heavy (non-hydrogen) atoms. The van der Waals surface area contributed by atoms with Crippen LogP contribution in [0.1, 0.15) is 38.2 Å². The van der Waals surface area contributed by atoms with Crippen LogP contribution in [0, 0.1) is 16.7 Å². The summed E-state index contributed by atoms with van der Waals surface area (Å²) in [6.07, 6.45) is 0.836. The van der Waals surface area contributed by atoms with Crippen LogP contribution in [-0.2, 0) is 19.1 Å². The van der Waals surface area contributed by atoms with E-state index in [0.717, 1.165) is 0 Å². The molecule has 2 N–H and O–H groups in total. The number of allylic oxidation sites excluding steroid dienone is 2. The van der Waals surface area contributed by atoms with Crippen molar-refractivity contribution in [3.05, 3.63) is 52.6 Å². The minimum atomic E-state index is -0.783. The number of ether oxygens (including phenoxy) is 3. The first-order valence-corrected chi connectivity index (χ1v) is 8.90. The van der Waals surface area contributed by atoms with E-state index in [1.807, 2.05) is 19.9 Å². The standard InChI is InChI=1S/C21H22N2O5/c1-21(2)10-13(24)17-15(11-21)28-19(23)18(20(25)26-3)16(17)12-6-4-5-7-14(12)27-9-8-22/h4-7,16H,9-11,23H2,1-3H3/t16-/m0/s1.